The molecule has 0 aliphatic heterocycles. The van der Waals surface area contributed by atoms with Gasteiger partial charge >= 0.3 is 6.09 Å². The molecule has 0 aliphatic carbocycles. The standard InChI is InChI=1S/C13H27NO3/c1-6-8-11(9-10-15)14(7-2)12(16)17-13(3,4)5/h11,15H,6-10H2,1-5H3/t11-/m1/s1. The van der Waals surface area contributed by atoms with Crippen LogP contribution in [0, 0.1) is 0 Å². The van der Waals surface area contributed by atoms with Crippen LogP contribution in [0.25, 0.3) is 0 Å². The maximum absolute atomic E-state index is 12.0. The Balaban J connectivity index is 4.59. The van der Waals surface area contributed by atoms with Crippen LogP contribution in [0.2, 0.25) is 0 Å². The molecule has 0 spiro atoms. The number of carbonyl (C=O) groups excluding carboxylic acids is 1. The number of aliphatic hydroxyl groups is 1. The number of nitrogens with zero attached hydrogens (tertiary/aromatic N) is 1. The van der Waals surface area contributed by atoms with Crippen LogP contribution in [0.5, 0.6) is 0 Å². The molecule has 0 heterocycles. The summed E-state index contributed by atoms with van der Waals surface area (Å²) in [6.07, 6.45) is 2.21. The lowest BCUT2D eigenvalue weighted by Gasteiger charge is -2.32. The van der Waals surface area contributed by atoms with Gasteiger partial charge in [0.05, 0.1) is 0 Å². The van der Waals surface area contributed by atoms with Crippen LogP contribution in [0.4, 0.5) is 4.79 Å². The molecular formula is C13H27NO3. The van der Waals surface area contributed by atoms with E-state index in [1.54, 1.807) is 4.90 Å². The van der Waals surface area contributed by atoms with Gasteiger partial charge in [-0.25, -0.2) is 4.79 Å². The minimum atomic E-state index is -0.472. The maximum atomic E-state index is 12.0. The first-order valence-electron chi connectivity index (χ1n) is 6.46. The van der Waals surface area contributed by atoms with Gasteiger partial charge in [-0.2, -0.15) is 0 Å². The summed E-state index contributed by atoms with van der Waals surface area (Å²) in [4.78, 5) is 13.7. The second kappa shape index (κ2) is 7.54. The van der Waals surface area contributed by atoms with E-state index in [9.17, 15) is 4.79 Å². The van der Waals surface area contributed by atoms with Crippen molar-refractivity contribution in [3.05, 3.63) is 0 Å². The third kappa shape index (κ3) is 6.51. The molecule has 102 valence electrons. The number of rotatable bonds is 6. The van der Waals surface area contributed by atoms with Gasteiger partial charge in [-0.1, -0.05) is 13.3 Å². The van der Waals surface area contributed by atoms with Crippen molar-refractivity contribution in [3.8, 4) is 0 Å². The summed E-state index contributed by atoms with van der Waals surface area (Å²) < 4.78 is 5.37. The van der Waals surface area contributed by atoms with E-state index in [1.165, 1.54) is 0 Å². The Bertz CT molecular complexity index is 217. The zero-order valence-electron chi connectivity index (χ0n) is 11.8. The molecule has 4 heteroatoms. The predicted molar refractivity (Wildman–Crippen MR) is 69.0 cm³/mol. The Morgan fingerprint density at radius 2 is 1.88 bits per heavy atom. The summed E-state index contributed by atoms with van der Waals surface area (Å²) in [6, 6.07) is 0.0739. The molecule has 4 nitrogen and oxygen atoms in total. The Kier molecular flexibility index (Phi) is 7.19. The van der Waals surface area contributed by atoms with E-state index in [-0.39, 0.29) is 18.7 Å². The highest BCUT2D eigenvalue weighted by atomic mass is 16.6. The van der Waals surface area contributed by atoms with E-state index >= 15 is 0 Å². The van der Waals surface area contributed by atoms with E-state index in [2.05, 4.69) is 6.92 Å². The Morgan fingerprint density at radius 1 is 1.29 bits per heavy atom. The van der Waals surface area contributed by atoms with E-state index < -0.39 is 5.60 Å². The fourth-order valence-corrected chi connectivity index (χ4v) is 1.80. The average molecular weight is 245 g/mol. The Hall–Kier alpha value is -0.770. The second-order valence-corrected chi connectivity index (χ2v) is 5.22. The molecular weight excluding hydrogens is 218 g/mol. The molecule has 0 saturated carbocycles. The quantitative estimate of drug-likeness (QED) is 0.783. The highest BCUT2D eigenvalue weighted by Crippen LogP contribution is 2.16. The number of ether oxygens (including phenoxy) is 1. The summed E-state index contributed by atoms with van der Waals surface area (Å²) >= 11 is 0. The molecule has 0 aliphatic rings. The molecule has 0 radical (unpaired) electrons. The van der Waals surface area contributed by atoms with E-state index in [0.717, 1.165) is 12.8 Å². The zero-order chi connectivity index (χ0) is 13.5. The summed E-state index contributed by atoms with van der Waals surface area (Å²) in [5.41, 5.74) is -0.472. The monoisotopic (exact) mass is 245 g/mol. The average Bonchev–Trinajstić information content (AvgIpc) is 2.16. The lowest BCUT2D eigenvalue weighted by molar-refractivity contribution is 0.0140. The van der Waals surface area contributed by atoms with Gasteiger partial charge in [-0.05, 0) is 40.5 Å². The normalized spacial score (nSPS) is 13.3. The van der Waals surface area contributed by atoms with Crippen LogP contribution in [-0.4, -0.2) is 40.9 Å². The molecule has 1 amide bonds. The number of hydrogen-bond donors (Lipinski definition) is 1. The molecule has 0 aromatic carbocycles. The van der Waals surface area contributed by atoms with Crippen molar-refractivity contribution >= 4 is 6.09 Å². The van der Waals surface area contributed by atoms with Crippen molar-refractivity contribution in [2.24, 2.45) is 0 Å². The molecule has 1 N–H and O–H groups in total. The maximum Gasteiger partial charge on any atom is 0.410 e. The van der Waals surface area contributed by atoms with Crippen molar-refractivity contribution in [2.45, 2.75) is 65.5 Å². The zero-order valence-corrected chi connectivity index (χ0v) is 11.8. The molecule has 0 aromatic rings. The number of aliphatic hydroxyl groups excluding tert-OH is 1. The molecule has 0 saturated heterocycles. The summed E-state index contributed by atoms with van der Waals surface area (Å²) in [5.74, 6) is 0. The van der Waals surface area contributed by atoms with Crippen LogP contribution in [0.3, 0.4) is 0 Å². The van der Waals surface area contributed by atoms with Crippen molar-refractivity contribution in [1.29, 1.82) is 0 Å². The van der Waals surface area contributed by atoms with Gasteiger partial charge in [-0.3, -0.25) is 0 Å². The van der Waals surface area contributed by atoms with Crippen LogP contribution < -0.4 is 0 Å². The van der Waals surface area contributed by atoms with Gasteiger partial charge < -0.3 is 14.7 Å². The van der Waals surface area contributed by atoms with Gasteiger partial charge in [0.25, 0.3) is 0 Å². The van der Waals surface area contributed by atoms with E-state index in [1.807, 2.05) is 27.7 Å². The first kappa shape index (κ1) is 16.2. The lowest BCUT2D eigenvalue weighted by atomic mass is 10.1. The summed E-state index contributed by atoms with van der Waals surface area (Å²) in [5, 5.41) is 9.04. The Morgan fingerprint density at radius 3 is 2.24 bits per heavy atom. The summed E-state index contributed by atoms with van der Waals surface area (Å²) in [6.45, 7) is 10.3. The highest BCUT2D eigenvalue weighted by molar-refractivity contribution is 5.68. The number of hydrogen-bond acceptors (Lipinski definition) is 3. The van der Waals surface area contributed by atoms with Crippen LogP contribution >= 0.6 is 0 Å². The van der Waals surface area contributed by atoms with Gasteiger partial charge in [0, 0.05) is 19.2 Å². The first-order chi connectivity index (χ1) is 7.85. The minimum absolute atomic E-state index is 0.0739. The lowest BCUT2D eigenvalue weighted by Crippen LogP contribution is -2.43. The molecule has 0 unspecified atom stereocenters. The Labute approximate surface area is 105 Å². The van der Waals surface area contributed by atoms with Gasteiger partial charge in [0.15, 0.2) is 0 Å². The fourth-order valence-electron chi connectivity index (χ4n) is 1.80. The summed E-state index contributed by atoms with van der Waals surface area (Å²) in [7, 11) is 0. The molecule has 0 bridgehead atoms. The largest absolute Gasteiger partial charge is 0.444 e. The van der Waals surface area contributed by atoms with Crippen molar-refractivity contribution < 1.29 is 14.6 Å². The fraction of sp³-hybridized carbons (Fsp3) is 0.923. The SMILES string of the molecule is CCC[C@H](CCO)N(CC)C(=O)OC(C)(C)C. The molecule has 0 aromatic heterocycles. The van der Waals surface area contributed by atoms with Crippen molar-refractivity contribution in [1.82, 2.24) is 4.90 Å². The van der Waals surface area contributed by atoms with Gasteiger partial charge in [0.2, 0.25) is 0 Å². The van der Waals surface area contributed by atoms with Crippen molar-refractivity contribution in [2.75, 3.05) is 13.2 Å². The number of carbonyl (C=O) groups is 1. The topological polar surface area (TPSA) is 49.8 Å². The minimum Gasteiger partial charge on any atom is -0.444 e. The molecule has 1 atom stereocenters. The van der Waals surface area contributed by atoms with Crippen LogP contribution in [0.15, 0.2) is 0 Å². The predicted octanol–water partition coefficient (Wildman–Crippen LogP) is 2.79. The van der Waals surface area contributed by atoms with Crippen LogP contribution in [0.1, 0.15) is 53.9 Å². The van der Waals surface area contributed by atoms with E-state index in [0.29, 0.717) is 13.0 Å². The second-order valence-electron chi connectivity index (χ2n) is 5.22. The third-order valence-electron chi connectivity index (χ3n) is 2.49. The van der Waals surface area contributed by atoms with Gasteiger partial charge in [0.1, 0.15) is 5.60 Å². The van der Waals surface area contributed by atoms with Crippen LogP contribution in [-0.2, 0) is 4.74 Å². The highest BCUT2D eigenvalue weighted by Gasteiger charge is 2.26. The molecule has 17 heavy (non-hydrogen) atoms. The third-order valence-corrected chi connectivity index (χ3v) is 2.49. The van der Waals surface area contributed by atoms with E-state index in [4.69, 9.17) is 9.84 Å². The smallest absolute Gasteiger partial charge is 0.410 e. The number of amides is 1. The first-order valence-corrected chi connectivity index (χ1v) is 6.46. The molecule has 0 rings (SSSR count). The van der Waals surface area contributed by atoms with Crippen molar-refractivity contribution in [3.63, 3.8) is 0 Å². The molecule has 0 fully saturated rings. The van der Waals surface area contributed by atoms with Gasteiger partial charge in [-0.15, -0.1) is 0 Å².